The standard InChI is InChI=1S/C12H18N4OS/c1-7-4-12(5-7,10(13)18)11(17)14-9-6-16(3)15-8(9)2/h6-7H,4-5H2,1-3H3,(H2,13,18)(H,14,17). The Bertz CT molecular complexity index is 502. The van der Waals surface area contributed by atoms with Crippen molar-refractivity contribution in [2.24, 2.45) is 24.1 Å². The fourth-order valence-corrected chi connectivity index (χ4v) is 2.85. The molecule has 0 radical (unpaired) electrons. The Balaban J connectivity index is 2.17. The molecule has 1 aromatic rings. The number of hydrogen-bond acceptors (Lipinski definition) is 3. The highest BCUT2D eigenvalue weighted by atomic mass is 32.1. The van der Waals surface area contributed by atoms with Gasteiger partial charge >= 0.3 is 0 Å². The molecule has 18 heavy (non-hydrogen) atoms. The van der Waals surface area contributed by atoms with Gasteiger partial charge in [-0.1, -0.05) is 19.1 Å². The molecule has 0 aromatic carbocycles. The number of nitrogens with one attached hydrogen (secondary N) is 1. The Labute approximate surface area is 112 Å². The average Bonchev–Trinajstić information content (AvgIpc) is 2.51. The van der Waals surface area contributed by atoms with E-state index in [0.717, 1.165) is 24.2 Å². The molecular weight excluding hydrogens is 248 g/mol. The molecule has 6 heteroatoms. The Hall–Kier alpha value is -1.43. The van der Waals surface area contributed by atoms with Gasteiger partial charge in [-0.05, 0) is 25.7 Å². The van der Waals surface area contributed by atoms with E-state index in [2.05, 4.69) is 17.3 Å². The van der Waals surface area contributed by atoms with E-state index in [0.29, 0.717) is 10.9 Å². The van der Waals surface area contributed by atoms with E-state index in [1.165, 1.54) is 0 Å². The third-order valence-electron chi connectivity index (χ3n) is 3.56. The van der Waals surface area contributed by atoms with E-state index in [4.69, 9.17) is 18.0 Å². The Kier molecular flexibility index (Phi) is 3.14. The number of hydrogen-bond donors (Lipinski definition) is 2. The fourth-order valence-electron chi connectivity index (χ4n) is 2.59. The normalized spacial score (nSPS) is 26.5. The van der Waals surface area contributed by atoms with Crippen LogP contribution in [0.15, 0.2) is 6.20 Å². The van der Waals surface area contributed by atoms with Crippen LogP contribution in [0.25, 0.3) is 0 Å². The molecule has 5 nitrogen and oxygen atoms in total. The van der Waals surface area contributed by atoms with Gasteiger partial charge < -0.3 is 11.1 Å². The van der Waals surface area contributed by atoms with Gasteiger partial charge in [0.05, 0.1) is 21.8 Å². The second-order valence-electron chi connectivity index (χ2n) is 5.22. The zero-order valence-corrected chi connectivity index (χ0v) is 11.7. The molecule has 1 fully saturated rings. The number of nitrogens with zero attached hydrogens (tertiary/aromatic N) is 2. The van der Waals surface area contributed by atoms with Crippen molar-refractivity contribution < 1.29 is 4.79 Å². The third-order valence-corrected chi connectivity index (χ3v) is 3.95. The van der Waals surface area contributed by atoms with Gasteiger partial charge in [0.25, 0.3) is 0 Å². The second kappa shape index (κ2) is 4.35. The maximum atomic E-state index is 12.3. The van der Waals surface area contributed by atoms with Gasteiger partial charge in [0.2, 0.25) is 5.91 Å². The van der Waals surface area contributed by atoms with E-state index < -0.39 is 5.41 Å². The van der Waals surface area contributed by atoms with Crippen LogP contribution in [0.1, 0.15) is 25.5 Å². The van der Waals surface area contributed by atoms with Gasteiger partial charge in [0.15, 0.2) is 0 Å². The van der Waals surface area contributed by atoms with Crippen molar-refractivity contribution >= 4 is 28.8 Å². The van der Waals surface area contributed by atoms with E-state index in [9.17, 15) is 4.79 Å². The largest absolute Gasteiger partial charge is 0.392 e. The lowest BCUT2D eigenvalue weighted by Crippen LogP contribution is -2.53. The third kappa shape index (κ3) is 2.01. The first-order chi connectivity index (χ1) is 8.35. The summed E-state index contributed by atoms with van der Waals surface area (Å²) in [6.07, 6.45) is 3.24. The predicted molar refractivity (Wildman–Crippen MR) is 74.2 cm³/mol. The van der Waals surface area contributed by atoms with Crippen molar-refractivity contribution in [1.82, 2.24) is 9.78 Å². The molecule has 0 spiro atoms. The van der Waals surface area contributed by atoms with Gasteiger partial charge in [0, 0.05) is 13.2 Å². The maximum absolute atomic E-state index is 12.3. The van der Waals surface area contributed by atoms with Gasteiger partial charge in [0.1, 0.15) is 0 Å². The molecule has 3 N–H and O–H groups in total. The summed E-state index contributed by atoms with van der Waals surface area (Å²) < 4.78 is 1.67. The van der Waals surface area contributed by atoms with Gasteiger partial charge in [-0.25, -0.2) is 0 Å². The smallest absolute Gasteiger partial charge is 0.237 e. The van der Waals surface area contributed by atoms with E-state index in [1.54, 1.807) is 10.9 Å². The molecule has 1 aromatic heterocycles. The van der Waals surface area contributed by atoms with Crippen LogP contribution in [-0.4, -0.2) is 20.7 Å². The monoisotopic (exact) mass is 266 g/mol. The summed E-state index contributed by atoms with van der Waals surface area (Å²) in [5.74, 6) is 0.386. The number of amides is 1. The van der Waals surface area contributed by atoms with Crippen LogP contribution >= 0.6 is 12.2 Å². The Morgan fingerprint density at radius 2 is 2.28 bits per heavy atom. The minimum absolute atomic E-state index is 0.107. The first-order valence-electron chi connectivity index (χ1n) is 5.97. The zero-order chi connectivity index (χ0) is 13.5. The van der Waals surface area contributed by atoms with Crippen molar-refractivity contribution in [2.45, 2.75) is 26.7 Å². The molecule has 1 heterocycles. The molecule has 0 atom stereocenters. The summed E-state index contributed by atoms with van der Waals surface area (Å²) in [5.41, 5.74) is 6.58. The lowest BCUT2D eigenvalue weighted by molar-refractivity contribution is -0.127. The van der Waals surface area contributed by atoms with Gasteiger partial charge in [-0.15, -0.1) is 0 Å². The first-order valence-corrected chi connectivity index (χ1v) is 6.37. The van der Waals surface area contributed by atoms with Gasteiger partial charge in [-0.2, -0.15) is 5.10 Å². The molecule has 98 valence electrons. The summed E-state index contributed by atoms with van der Waals surface area (Å²) in [7, 11) is 1.82. The molecule has 2 rings (SSSR count). The van der Waals surface area contributed by atoms with Crippen molar-refractivity contribution in [3.8, 4) is 0 Å². The highest BCUT2D eigenvalue weighted by Crippen LogP contribution is 2.46. The number of anilines is 1. The highest BCUT2D eigenvalue weighted by Gasteiger charge is 2.51. The second-order valence-corrected chi connectivity index (χ2v) is 5.66. The van der Waals surface area contributed by atoms with Crippen molar-refractivity contribution in [1.29, 1.82) is 0 Å². The van der Waals surface area contributed by atoms with Crippen LogP contribution in [0.3, 0.4) is 0 Å². The van der Waals surface area contributed by atoms with E-state index in [1.807, 2.05) is 14.0 Å². The molecule has 1 aliphatic carbocycles. The van der Waals surface area contributed by atoms with Crippen LogP contribution < -0.4 is 11.1 Å². The topological polar surface area (TPSA) is 72.9 Å². The SMILES string of the molecule is Cc1nn(C)cc1NC(=O)C1(C(N)=S)CC(C)C1. The number of aryl methyl sites for hydroxylation is 2. The van der Waals surface area contributed by atoms with Crippen LogP contribution in [0.5, 0.6) is 0 Å². The number of carbonyl (C=O) groups excluding carboxylic acids is 1. The number of thiocarbonyl (C=S) groups is 1. The number of nitrogens with two attached hydrogens (primary N) is 1. The van der Waals surface area contributed by atoms with Crippen molar-refractivity contribution in [3.05, 3.63) is 11.9 Å². The van der Waals surface area contributed by atoms with Crippen molar-refractivity contribution in [2.75, 3.05) is 5.32 Å². The Morgan fingerprint density at radius 1 is 1.67 bits per heavy atom. The quantitative estimate of drug-likeness (QED) is 0.810. The molecular formula is C12H18N4OS. The summed E-state index contributed by atoms with van der Waals surface area (Å²) in [6.45, 7) is 3.95. The van der Waals surface area contributed by atoms with Crippen LogP contribution in [0.4, 0.5) is 5.69 Å². The van der Waals surface area contributed by atoms with E-state index in [-0.39, 0.29) is 5.91 Å². The Morgan fingerprint density at radius 3 is 2.67 bits per heavy atom. The molecule has 1 amide bonds. The molecule has 1 saturated carbocycles. The van der Waals surface area contributed by atoms with Gasteiger partial charge in [-0.3, -0.25) is 9.48 Å². The minimum atomic E-state index is -0.670. The van der Waals surface area contributed by atoms with E-state index >= 15 is 0 Å². The fraction of sp³-hybridized carbons (Fsp3) is 0.583. The summed E-state index contributed by atoms with van der Waals surface area (Å²) in [6, 6.07) is 0. The number of aromatic nitrogens is 2. The van der Waals surface area contributed by atoms with Crippen LogP contribution in [-0.2, 0) is 11.8 Å². The predicted octanol–water partition coefficient (Wildman–Crippen LogP) is 1.37. The van der Waals surface area contributed by atoms with Crippen LogP contribution in [0.2, 0.25) is 0 Å². The maximum Gasteiger partial charge on any atom is 0.237 e. The average molecular weight is 266 g/mol. The molecule has 0 unspecified atom stereocenters. The summed E-state index contributed by atoms with van der Waals surface area (Å²) >= 11 is 5.06. The molecule has 0 bridgehead atoms. The lowest BCUT2D eigenvalue weighted by Gasteiger charge is -2.43. The zero-order valence-electron chi connectivity index (χ0n) is 10.9. The van der Waals surface area contributed by atoms with Crippen LogP contribution in [0, 0.1) is 18.3 Å². The summed E-state index contributed by atoms with van der Waals surface area (Å²) in [5, 5.41) is 7.07. The molecule has 0 saturated heterocycles. The minimum Gasteiger partial charge on any atom is -0.392 e. The lowest BCUT2D eigenvalue weighted by atomic mass is 9.62. The number of carbonyl (C=O) groups is 1. The number of rotatable bonds is 3. The highest BCUT2D eigenvalue weighted by molar-refractivity contribution is 7.80. The molecule has 1 aliphatic rings. The molecule has 0 aliphatic heterocycles. The summed E-state index contributed by atoms with van der Waals surface area (Å²) in [4.78, 5) is 12.6. The van der Waals surface area contributed by atoms with Crippen molar-refractivity contribution in [3.63, 3.8) is 0 Å². The first kappa shape index (κ1) is 13.0.